The van der Waals surface area contributed by atoms with Crippen LogP contribution in [0, 0.1) is 0 Å². The van der Waals surface area contributed by atoms with Crippen LogP contribution in [0.25, 0.3) is 10.9 Å². The van der Waals surface area contributed by atoms with E-state index in [0.29, 0.717) is 22.2 Å². The van der Waals surface area contributed by atoms with E-state index in [1.54, 1.807) is 54.7 Å². The second kappa shape index (κ2) is 7.69. The van der Waals surface area contributed by atoms with Gasteiger partial charge in [-0.15, -0.1) is 0 Å². The van der Waals surface area contributed by atoms with Crippen molar-refractivity contribution in [2.24, 2.45) is 0 Å². The molecule has 8 heteroatoms. The molecule has 7 nitrogen and oxygen atoms in total. The molecule has 29 heavy (non-hydrogen) atoms. The Hall–Kier alpha value is -3.78. The zero-order valence-corrected chi connectivity index (χ0v) is 15.9. The van der Waals surface area contributed by atoms with Gasteiger partial charge >= 0.3 is 0 Å². The smallest absolute Gasteiger partial charge is 0.262 e. The second-order valence-corrected chi connectivity index (χ2v) is 7.82. The number of amides is 1. The quantitative estimate of drug-likeness (QED) is 0.528. The van der Waals surface area contributed by atoms with Crippen LogP contribution in [0.5, 0.6) is 0 Å². The number of pyridine rings is 2. The minimum atomic E-state index is -3.94. The molecule has 0 spiro atoms. The van der Waals surface area contributed by atoms with Gasteiger partial charge in [0.05, 0.1) is 28.0 Å². The predicted octanol–water partition coefficient (Wildman–Crippen LogP) is 3.68. The van der Waals surface area contributed by atoms with Crippen molar-refractivity contribution in [3.63, 3.8) is 0 Å². The molecule has 0 atom stereocenters. The number of carbonyl (C=O) groups is 1. The molecule has 2 N–H and O–H groups in total. The van der Waals surface area contributed by atoms with Gasteiger partial charge in [-0.1, -0.05) is 24.3 Å². The maximum atomic E-state index is 13.0. The molecule has 2 aromatic carbocycles. The lowest BCUT2D eigenvalue weighted by molar-refractivity contribution is 0.102. The van der Waals surface area contributed by atoms with E-state index < -0.39 is 10.0 Å². The molecule has 0 fully saturated rings. The van der Waals surface area contributed by atoms with Gasteiger partial charge in [0.1, 0.15) is 0 Å². The van der Waals surface area contributed by atoms with E-state index in [4.69, 9.17) is 0 Å². The van der Waals surface area contributed by atoms with Crippen molar-refractivity contribution >= 4 is 38.2 Å². The summed E-state index contributed by atoms with van der Waals surface area (Å²) in [7, 11) is -3.94. The Kier molecular flexibility index (Phi) is 4.92. The zero-order chi connectivity index (χ0) is 20.3. The minimum Gasteiger partial charge on any atom is -0.320 e. The van der Waals surface area contributed by atoms with Gasteiger partial charge in [-0.2, -0.15) is 0 Å². The van der Waals surface area contributed by atoms with Crippen molar-refractivity contribution < 1.29 is 13.2 Å². The first-order chi connectivity index (χ1) is 14.0. The summed E-state index contributed by atoms with van der Waals surface area (Å²) in [5.74, 6) is -0.355. The summed E-state index contributed by atoms with van der Waals surface area (Å²) in [6.07, 6.45) is 4.42. The molecular weight excluding hydrogens is 388 g/mol. The Labute approximate surface area is 167 Å². The van der Waals surface area contributed by atoms with E-state index in [-0.39, 0.29) is 16.5 Å². The molecule has 0 unspecified atom stereocenters. The number of rotatable bonds is 5. The van der Waals surface area contributed by atoms with Crippen LogP contribution in [0.1, 0.15) is 10.4 Å². The van der Waals surface area contributed by atoms with Gasteiger partial charge in [-0.25, -0.2) is 8.42 Å². The van der Waals surface area contributed by atoms with Crippen LogP contribution >= 0.6 is 0 Å². The zero-order valence-electron chi connectivity index (χ0n) is 15.1. The van der Waals surface area contributed by atoms with E-state index in [9.17, 15) is 13.2 Å². The van der Waals surface area contributed by atoms with Crippen LogP contribution in [0.2, 0.25) is 0 Å². The van der Waals surface area contributed by atoms with Gasteiger partial charge < -0.3 is 5.32 Å². The molecule has 0 aliphatic heterocycles. The molecule has 2 heterocycles. The average molecular weight is 404 g/mol. The van der Waals surface area contributed by atoms with E-state index in [2.05, 4.69) is 20.0 Å². The molecule has 0 aliphatic rings. The standard InChI is InChI=1S/C21H16N4O3S/c26-21(15-6-2-1-3-7-15)24-18-11-13-22-14-19(18)25-29(27,28)20-10-4-9-17-16(20)8-5-12-23-17/h1-14,25H,(H,22,24,26). The molecule has 1 amide bonds. The van der Waals surface area contributed by atoms with E-state index in [1.165, 1.54) is 24.5 Å². The van der Waals surface area contributed by atoms with Crippen LogP contribution < -0.4 is 10.0 Å². The fourth-order valence-corrected chi connectivity index (χ4v) is 4.16. The van der Waals surface area contributed by atoms with Crippen LogP contribution in [0.3, 0.4) is 0 Å². The largest absolute Gasteiger partial charge is 0.320 e. The number of nitrogens with one attached hydrogen (secondary N) is 2. The monoisotopic (exact) mass is 404 g/mol. The number of benzene rings is 2. The topological polar surface area (TPSA) is 101 Å². The molecule has 0 radical (unpaired) electrons. The average Bonchev–Trinajstić information content (AvgIpc) is 2.75. The summed E-state index contributed by atoms with van der Waals surface area (Å²) in [4.78, 5) is 20.7. The van der Waals surface area contributed by atoms with Crippen molar-refractivity contribution in [3.05, 3.63) is 90.9 Å². The molecule has 0 bridgehead atoms. The number of nitrogens with zero attached hydrogens (tertiary/aromatic N) is 2. The predicted molar refractivity (Wildman–Crippen MR) is 111 cm³/mol. The molecule has 2 aromatic heterocycles. The number of aromatic nitrogens is 2. The summed E-state index contributed by atoms with van der Waals surface area (Å²) < 4.78 is 28.6. The molecular formula is C21H16N4O3S. The Bertz CT molecular complexity index is 1290. The van der Waals surface area contributed by atoms with Gasteiger partial charge in [0, 0.05) is 23.3 Å². The van der Waals surface area contributed by atoms with Gasteiger partial charge in [0.25, 0.3) is 15.9 Å². The summed E-state index contributed by atoms with van der Waals surface area (Å²) in [5.41, 5.74) is 1.49. The summed E-state index contributed by atoms with van der Waals surface area (Å²) in [5, 5.41) is 3.22. The third kappa shape index (κ3) is 3.92. The first kappa shape index (κ1) is 18.6. The van der Waals surface area contributed by atoms with Crippen LogP contribution in [0.4, 0.5) is 11.4 Å². The fraction of sp³-hybridized carbons (Fsp3) is 0. The van der Waals surface area contributed by atoms with Crippen LogP contribution in [0.15, 0.2) is 90.2 Å². The summed E-state index contributed by atoms with van der Waals surface area (Å²) in [6, 6.07) is 18.4. The lowest BCUT2D eigenvalue weighted by Gasteiger charge is -2.14. The van der Waals surface area contributed by atoms with Gasteiger partial charge in [-0.05, 0) is 42.5 Å². The van der Waals surface area contributed by atoms with Crippen molar-refractivity contribution in [2.45, 2.75) is 4.90 Å². The third-order valence-corrected chi connectivity index (χ3v) is 5.67. The highest BCUT2D eigenvalue weighted by atomic mass is 32.2. The summed E-state index contributed by atoms with van der Waals surface area (Å²) >= 11 is 0. The molecule has 144 valence electrons. The third-order valence-electron chi connectivity index (χ3n) is 4.24. The maximum absolute atomic E-state index is 13.0. The molecule has 4 aromatic rings. The first-order valence-electron chi connectivity index (χ1n) is 8.71. The first-order valence-corrected chi connectivity index (χ1v) is 10.2. The molecule has 0 saturated heterocycles. The highest BCUT2D eigenvalue weighted by molar-refractivity contribution is 7.93. The van der Waals surface area contributed by atoms with E-state index >= 15 is 0 Å². The van der Waals surface area contributed by atoms with Crippen LogP contribution in [-0.4, -0.2) is 24.3 Å². The summed E-state index contributed by atoms with van der Waals surface area (Å²) in [6.45, 7) is 0. The highest BCUT2D eigenvalue weighted by Gasteiger charge is 2.20. The molecule has 4 rings (SSSR count). The number of sulfonamides is 1. The van der Waals surface area contributed by atoms with E-state index in [1.807, 2.05) is 6.07 Å². The Morgan fingerprint density at radius 2 is 1.66 bits per heavy atom. The van der Waals surface area contributed by atoms with Gasteiger partial charge in [-0.3, -0.25) is 19.5 Å². The lowest BCUT2D eigenvalue weighted by atomic mass is 10.2. The Morgan fingerprint density at radius 3 is 2.48 bits per heavy atom. The van der Waals surface area contributed by atoms with Gasteiger partial charge in [0.15, 0.2) is 0 Å². The number of hydrogen-bond acceptors (Lipinski definition) is 5. The normalized spacial score (nSPS) is 11.2. The number of anilines is 2. The SMILES string of the molecule is O=C(Nc1ccncc1NS(=O)(=O)c1cccc2ncccc12)c1ccccc1. The minimum absolute atomic E-state index is 0.0901. The van der Waals surface area contributed by atoms with Crippen molar-refractivity contribution in [2.75, 3.05) is 10.0 Å². The number of hydrogen-bond donors (Lipinski definition) is 2. The van der Waals surface area contributed by atoms with Crippen molar-refractivity contribution in [1.29, 1.82) is 0 Å². The van der Waals surface area contributed by atoms with Gasteiger partial charge in [0.2, 0.25) is 0 Å². The second-order valence-electron chi connectivity index (χ2n) is 6.17. The Morgan fingerprint density at radius 1 is 0.828 bits per heavy atom. The molecule has 0 aliphatic carbocycles. The number of fused-ring (bicyclic) bond motifs is 1. The highest BCUT2D eigenvalue weighted by Crippen LogP contribution is 2.27. The molecule has 0 saturated carbocycles. The fourth-order valence-electron chi connectivity index (χ4n) is 2.88. The lowest BCUT2D eigenvalue weighted by Crippen LogP contribution is -2.17. The maximum Gasteiger partial charge on any atom is 0.262 e. The Balaban J connectivity index is 1.67. The number of carbonyl (C=O) groups excluding carboxylic acids is 1. The van der Waals surface area contributed by atoms with Crippen LogP contribution in [-0.2, 0) is 10.0 Å². The van der Waals surface area contributed by atoms with E-state index in [0.717, 1.165) is 0 Å². The van der Waals surface area contributed by atoms with Crippen molar-refractivity contribution in [1.82, 2.24) is 9.97 Å². The van der Waals surface area contributed by atoms with Crippen molar-refractivity contribution in [3.8, 4) is 0 Å².